The number of carbonyl (C=O) groups is 2. The van der Waals surface area contributed by atoms with E-state index in [1.807, 2.05) is 20.8 Å². The second-order valence-corrected chi connectivity index (χ2v) is 8.80. The van der Waals surface area contributed by atoms with E-state index in [-0.39, 0.29) is 40.2 Å². The molecule has 4 nitrogen and oxygen atoms in total. The van der Waals surface area contributed by atoms with Gasteiger partial charge in [0, 0.05) is 5.25 Å². The average Bonchev–Trinajstić information content (AvgIpc) is 2.92. The smallest absolute Gasteiger partial charge is 0.314 e. The van der Waals surface area contributed by atoms with Crippen molar-refractivity contribution in [3.63, 3.8) is 0 Å². The molecule has 3 heterocycles. The Balaban J connectivity index is 1.88. The van der Waals surface area contributed by atoms with Gasteiger partial charge in [-0.05, 0) is 24.7 Å². The fraction of sp³-hybridized carbons (Fsp3) is 0.875. The zero-order chi connectivity index (χ0) is 15.5. The summed E-state index contributed by atoms with van der Waals surface area (Å²) in [6.07, 6.45) is 0. The Labute approximate surface area is 130 Å². The van der Waals surface area contributed by atoms with Crippen LogP contribution in [-0.2, 0) is 19.1 Å². The number of rotatable bonds is 4. The maximum Gasteiger partial charge on any atom is 0.314 e. The number of esters is 2. The highest BCUT2D eigenvalue weighted by Gasteiger charge is 2.75. The summed E-state index contributed by atoms with van der Waals surface area (Å²) in [5.74, 6) is 0.237. The van der Waals surface area contributed by atoms with Crippen LogP contribution < -0.4 is 0 Å². The first-order valence-electron chi connectivity index (χ1n) is 7.82. The van der Waals surface area contributed by atoms with Gasteiger partial charge >= 0.3 is 11.9 Å². The first kappa shape index (κ1) is 15.2. The van der Waals surface area contributed by atoms with E-state index in [0.717, 1.165) is 0 Å². The number of thioether (sulfide) groups is 1. The molecule has 3 saturated heterocycles. The van der Waals surface area contributed by atoms with Crippen molar-refractivity contribution >= 4 is 23.7 Å². The summed E-state index contributed by atoms with van der Waals surface area (Å²) >= 11 is 1.77. The molecule has 3 aliphatic rings. The first-order chi connectivity index (χ1) is 9.77. The van der Waals surface area contributed by atoms with Gasteiger partial charge in [-0.3, -0.25) is 9.59 Å². The second kappa shape index (κ2) is 4.90. The molecule has 5 heteroatoms. The third-order valence-electron chi connectivity index (χ3n) is 5.11. The van der Waals surface area contributed by atoms with Crippen LogP contribution in [0.2, 0.25) is 0 Å². The normalized spacial score (nSPS) is 43.8. The standard InChI is InChI=1S/C16H24O4S/c1-7(2)6-19-15(18)11-12-9(8(3)4)10-13(21-12)16(11,5)20-14(10)17/h7-13H,6H2,1-5H3. The Kier molecular flexibility index (Phi) is 3.55. The molecule has 21 heavy (non-hydrogen) atoms. The van der Waals surface area contributed by atoms with Crippen molar-refractivity contribution in [1.82, 2.24) is 0 Å². The van der Waals surface area contributed by atoms with Crippen LogP contribution in [-0.4, -0.2) is 34.6 Å². The van der Waals surface area contributed by atoms with Crippen LogP contribution in [0.1, 0.15) is 34.6 Å². The lowest BCUT2D eigenvalue weighted by atomic mass is 9.65. The summed E-state index contributed by atoms with van der Waals surface area (Å²) in [4.78, 5) is 24.8. The fourth-order valence-corrected chi connectivity index (χ4v) is 6.70. The highest BCUT2D eigenvalue weighted by atomic mass is 32.2. The molecule has 118 valence electrons. The van der Waals surface area contributed by atoms with E-state index in [4.69, 9.17) is 9.47 Å². The van der Waals surface area contributed by atoms with Gasteiger partial charge in [-0.25, -0.2) is 0 Å². The molecule has 0 aromatic heterocycles. The number of ether oxygens (including phenoxy) is 2. The molecule has 0 amide bonds. The molecule has 0 N–H and O–H groups in total. The molecule has 3 fully saturated rings. The fourth-order valence-electron chi connectivity index (χ4n) is 4.23. The SMILES string of the molecule is CC(C)COC(=O)C1C2SC3C(C(=O)OC31C)C2C(C)C. The Morgan fingerprint density at radius 1 is 1.38 bits per heavy atom. The van der Waals surface area contributed by atoms with Crippen molar-refractivity contribution in [2.45, 2.75) is 50.7 Å². The van der Waals surface area contributed by atoms with E-state index in [1.54, 1.807) is 11.8 Å². The lowest BCUT2D eigenvalue weighted by Crippen LogP contribution is -2.51. The summed E-state index contributed by atoms with van der Waals surface area (Å²) in [7, 11) is 0. The lowest BCUT2D eigenvalue weighted by Gasteiger charge is -2.37. The largest absolute Gasteiger partial charge is 0.465 e. The van der Waals surface area contributed by atoms with Crippen molar-refractivity contribution in [2.75, 3.05) is 6.61 Å². The molecule has 6 unspecified atom stereocenters. The van der Waals surface area contributed by atoms with Gasteiger partial charge in [0.1, 0.15) is 11.5 Å². The zero-order valence-corrected chi connectivity index (χ0v) is 14.1. The molecule has 6 atom stereocenters. The monoisotopic (exact) mass is 312 g/mol. The van der Waals surface area contributed by atoms with Crippen LogP contribution in [0.4, 0.5) is 0 Å². The molecular formula is C16H24O4S. The number of hydrogen-bond donors (Lipinski definition) is 0. The van der Waals surface area contributed by atoms with Gasteiger partial charge in [-0.2, -0.15) is 0 Å². The first-order valence-corrected chi connectivity index (χ1v) is 8.76. The molecule has 0 saturated carbocycles. The number of hydrogen-bond acceptors (Lipinski definition) is 5. The Morgan fingerprint density at radius 3 is 2.62 bits per heavy atom. The average molecular weight is 312 g/mol. The molecule has 2 bridgehead atoms. The van der Waals surface area contributed by atoms with Gasteiger partial charge in [-0.15, -0.1) is 11.8 Å². The van der Waals surface area contributed by atoms with E-state index < -0.39 is 5.60 Å². The number of carbonyl (C=O) groups excluding carboxylic acids is 2. The third kappa shape index (κ3) is 2.03. The van der Waals surface area contributed by atoms with Crippen molar-refractivity contribution < 1.29 is 19.1 Å². The summed E-state index contributed by atoms with van der Waals surface area (Å²) < 4.78 is 11.2. The Morgan fingerprint density at radius 2 is 2.05 bits per heavy atom. The van der Waals surface area contributed by atoms with Crippen LogP contribution in [0.5, 0.6) is 0 Å². The van der Waals surface area contributed by atoms with Gasteiger partial charge in [0.25, 0.3) is 0 Å². The van der Waals surface area contributed by atoms with E-state index in [0.29, 0.717) is 18.4 Å². The minimum Gasteiger partial charge on any atom is -0.465 e. The predicted molar refractivity (Wildman–Crippen MR) is 80.8 cm³/mol. The number of fused-ring (bicyclic) bond motifs is 1. The maximum atomic E-state index is 12.6. The quantitative estimate of drug-likeness (QED) is 0.747. The molecule has 3 aliphatic heterocycles. The Bertz CT molecular complexity index is 475. The topological polar surface area (TPSA) is 52.6 Å². The molecular weight excluding hydrogens is 288 g/mol. The highest BCUT2D eigenvalue weighted by molar-refractivity contribution is 8.01. The van der Waals surface area contributed by atoms with Crippen molar-refractivity contribution in [3.05, 3.63) is 0 Å². The van der Waals surface area contributed by atoms with E-state index in [2.05, 4.69) is 13.8 Å². The van der Waals surface area contributed by atoms with E-state index in [1.165, 1.54) is 0 Å². The van der Waals surface area contributed by atoms with Gasteiger partial charge in [-0.1, -0.05) is 27.7 Å². The van der Waals surface area contributed by atoms with Crippen LogP contribution in [0.3, 0.4) is 0 Å². The lowest BCUT2D eigenvalue weighted by molar-refractivity contribution is -0.163. The van der Waals surface area contributed by atoms with Crippen LogP contribution >= 0.6 is 11.8 Å². The van der Waals surface area contributed by atoms with Gasteiger partial charge in [0.05, 0.1) is 17.8 Å². The highest BCUT2D eigenvalue weighted by Crippen LogP contribution is 2.67. The summed E-state index contributed by atoms with van der Waals surface area (Å²) in [6, 6.07) is 0. The molecule has 0 spiro atoms. The van der Waals surface area contributed by atoms with Crippen LogP contribution in [0.15, 0.2) is 0 Å². The predicted octanol–water partition coefficient (Wildman–Crippen LogP) is 2.50. The summed E-state index contributed by atoms with van der Waals surface area (Å²) in [5.41, 5.74) is -0.670. The van der Waals surface area contributed by atoms with Gasteiger partial charge in [0.15, 0.2) is 0 Å². The Hall–Kier alpha value is -0.710. The molecule has 0 radical (unpaired) electrons. The van der Waals surface area contributed by atoms with Crippen molar-refractivity contribution in [3.8, 4) is 0 Å². The van der Waals surface area contributed by atoms with Crippen LogP contribution in [0.25, 0.3) is 0 Å². The van der Waals surface area contributed by atoms with Gasteiger partial charge in [0.2, 0.25) is 0 Å². The molecule has 3 rings (SSSR count). The maximum absolute atomic E-state index is 12.6. The summed E-state index contributed by atoms with van der Waals surface area (Å²) in [5, 5.41) is 0.259. The second-order valence-electron chi connectivity index (χ2n) is 7.47. The van der Waals surface area contributed by atoms with Gasteiger partial charge < -0.3 is 9.47 Å². The minimum atomic E-state index is -0.670. The zero-order valence-electron chi connectivity index (χ0n) is 13.3. The third-order valence-corrected chi connectivity index (χ3v) is 7.07. The van der Waals surface area contributed by atoms with E-state index in [9.17, 15) is 9.59 Å². The van der Waals surface area contributed by atoms with Crippen molar-refractivity contribution in [2.24, 2.45) is 29.6 Å². The van der Waals surface area contributed by atoms with Crippen LogP contribution in [0, 0.1) is 29.6 Å². The molecule has 0 aromatic carbocycles. The minimum absolute atomic E-state index is 0.0425. The summed E-state index contributed by atoms with van der Waals surface area (Å²) in [6.45, 7) is 10.6. The van der Waals surface area contributed by atoms with E-state index >= 15 is 0 Å². The van der Waals surface area contributed by atoms with Crippen molar-refractivity contribution in [1.29, 1.82) is 0 Å². The molecule has 0 aliphatic carbocycles. The molecule has 0 aromatic rings.